The first kappa shape index (κ1) is 5.58. The molecule has 2 heterocycles. The molecule has 0 unspecified atom stereocenters. The molecule has 4 nitrogen and oxygen atoms in total. The summed E-state index contributed by atoms with van der Waals surface area (Å²) >= 11 is 0. The molecule has 0 saturated carbocycles. The van der Waals surface area contributed by atoms with Crippen molar-refractivity contribution in [3.63, 3.8) is 0 Å². The highest BCUT2D eigenvalue weighted by Gasteiger charge is 2.09. The van der Waals surface area contributed by atoms with E-state index < -0.39 is 0 Å². The van der Waals surface area contributed by atoms with Gasteiger partial charge < -0.3 is 5.32 Å². The van der Waals surface area contributed by atoms with E-state index in [0.717, 1.165) is 30.9 Å². The van der Waals surface area contributed by atoms with Crippen molar-refractivity contribution in [1.29, 1.82) is 0 Å². The average Bonchev–Trinajstić information content (AvgIpc) is 2.05. The standard InChI is InChI=1S/C6H8N4/c1-2-5-6(7-3-1)10-9-4-8-5/h4H,1-3H2,(H,7,10). The predicted molar refractivity (Wildman–Crippen MR) is 36.6 cm³/mol. The highest BCUT2D eigenvalue weighted by molar-refractivity contribution is 5.40. The maximum absolute atomic E-state index is 4.08. The third-order valence-electron chi connectivity index (χ3n) is 1.58. The van der Waals surface area contributed by atoms with Crippen LogP contribution < -0.4 is 5.32 Å². The van der Waals surface area contributed by atoms with Gasteiger partial charge in [0.05, 0.1) is 5.69 Å². The Kier molecular flexibility index (Phi) is 1.23. The van der Waals surface area contributed by atoms with Crippen LogP contribution in [0.1, 0.15) is 12.1 Å². The second-order valence-electron chi connectivity index (χ2n) is 2.29. The monoisotopic (exact) mass is 136 g/mol. The topological polar surface area (TPSA) is 50.7 Å². The molecule has 4 heteroatoms. The summed E-state index contributed by atoms with van der Waals surface area (Å²) in [4.78, 5) is 4.08. The molecule has 0 amide bonds. The maximum Gasteiger partial charge on any atom is 0.170 e. The lowest BCUT2D eigenvalue weighted by Crippen LogP contribution is -2.14. The third-order valence-corrected chi connectivity index (χ3v) is 1.58. The van der Waals surface area contributed by atoms with Crippen molar-refractivity contribution in [2.75, 3.05) is 11.9 Å². The van der Waals surface area contributed by atoms with Crippen molar-refractivity contribution in [3.05, 3.63) is 12.0 Å². The van der Waals surface area contributed by atoms with Crippen molar-refractivity contribution in [1.82, 2.24) is 15.2 Å². The van der Waals surface area contributed by atoms with Gasteiger partial charge in [0.1, 0.15) is 6.33 Å². The van der Waals surface area contributed by atoms with Gasteiger partial charge in [-0.2, -0.15) is 0 Å². The van der Waals surface area contributed by atoms with Crippen LogP contribution in [0.2, 0.25) is 0 Å². The van der Waals surface area contributed by atoms with Gasteiger partial charge in [0.25, 0.3) is 0 Å². The fraction of sp³-hybridized carbons (Fsp3) is 0.500. The molecule has 1 aliphatic heterocycles. The van der Waals surface area contributed by atoms with Crippen molar-refractivity contribution >= 4 is 5.82 Å². The van der Waals surface area contributed by atoms with Crippen LogP contribution in [0.15, 0.2) is 6.33 Å². The van der Waals surface area contributed by atoms with Gasteiger partial charge in [-0.1, -0.05) is 0 Å². The van der Waals surface area contributed by atoms with Gasteiger partial charge in [-0.15, -0.1) is 10.2 Å². The Hall–Kier alpha value is -1.19. The summed E-state index contributed by atoms with van der Waals surface area (Å²) in [5, 5.41) is 10.7. The molecule has 1 aromatic heterocycles. The quantitative estimate of drug-likeness (QED) is 0.554. The zero-order valence-electron chi connectivity index (χ0n) is 5.54. The molecule has 1 N–H and O–H groups in total. The molecule has 0 radical (unpaired) electrons. The van der Waals surface area contributed by atoms with Crippen LogP contribution in [-0.2, 0) is 6.42 Å². The minimum Gasteiger partial charge on any atom is -0.367 e. The summed E-state index contributed by atoms with van der Waals surface area (Å²) in [7, 11) is 0. The average molecular weight is 136 g/mol. The van der Waals surface area contributed by atoms with E-state index in [-0.39, 0.29) is 0 Å². The van der Waals surface area contributed by atoms with Crippen LogP contribution >= 0.6 is 0 Å². The minimum atomic E-state index is 0.855. The second kappa shape index (κ2) is 2.21. The van der Waals surface area contributed by atoms with Crippen molar-refractivity contribution in [3.8, 4) is 0 Å². The molecule has 0 atom stereocenters. The molecule has 0 saturated heterocycles. The van der Waals surface area contributed by atoms with Gasteiger partial charge in [0.2, 0.25) is 0 Å². The van der Waals surface area contributed by atoms with Crippen molar-refractivity contribution < 1.29 is 0 Å². The lowest BCUT2D eigenvalue weighted by atomic mass is 10.2. The number of anilines is 1. The fourth-order valence-electron chi connectivity index (χ4n) is 1.08. The summed E-state index contributed by atoms with van der Waals surface area (Å²) in [5.41, 5.74) is 1.04. The van der Waals surface area contributed by atoms with Gasteiger partial charge in [-0.3, -0.25) is 0 Å². The number of nitrogens with one attached hydrogen (secondary N) is 1. The third kappa shape index (κ3) is 0.814. The number of hydrogen-bond donors (Lipinski definition) is 1. The number of rotatable bonds is 0. The fourth-order valence-corrected chi connectivity index (χ4v) is 1.08. The summed E-state index contributed by atoms with van der Waals surface area (Å²) in [6.07, 6.45) is 3.66. The molecule has 0 spiro atoms. The normalized spacial score (nSPS) is 15.6. The Bertz CT molecular complexity index is 210. The zero-order valence-corrected chi connectivity index (χ0v) is 5.54. The zero-order chi connectivity index (χ0) is 6.81. The van der Waals surface area contributed by atoms with Crippen LogP contribution in [-0.4, -0.2) is 21.7 Å². The van der Waals surface area contributed by atoms with E-state index in [9.17, 15) is 0 Å². The number of aromatic nitrogens is 3. The Labute approximate surface area is 58.7 Å². The lowest BCUT2D eigenvalue weighted by Gasteiger charge is -2.13. The summed E-state index contributed by atoms with van der Waals surface area (Å²) in [6, 6.07) is 0. The molecule has 2 rings (SSSR count). The Balaban J connectivity index is 2.41. The van der Waals surface area contributed by atoms with Gasteiger partial charge in [-0.05, 0) is 12.8 Å². The Morgan fingerprint density at radius 3 is 3.40 bits per heavy atom. The molecule has 0 fully saturated rings. The molecule has 0 aromatic carbocycles. The van der Waals surface area contributed by atoms with Gasteiger partial charge in [0.15, 0.2) is 5.82 Å². The number of aryl methyl sites for hydroxylation is 1. The van der Waals surface area contributed by atoms with Gasteiger partial charge in [-0.25, -0.2) is 4.98 Å². The van der Waals surface area contributed by atoms with Crippen molar-refractivity contribution in [2.24, 2.45) is 0 Å². The van der Waals surface area contributed by atoms with Crippen LogP contribution in [0.5, 0.6) is 0 Å². The largest absolute Gasteiger partial charge is 0.367 e. The molecule has 52 valence electrons. The molecule has 0 bridgehead atoms. The van der Waals surface area contributed by atoms with E-state index in [1.54, 1.807) is 0 Å². The van der Waals surface area contributed by atoms with Crippen LogP contribution in [0, 0.1) is 0 Å². The lowest BCUT2D eigenvalue weighted by molar-refractivity contribution is 0.763. The highest BCUT2D eigenvalue weighted by atomic mass is 15.2. The number of fused-ring (bicyclic) bond motifs is 1. The molecule has 0 aliphatic carbocycles. The SMILES string of the molecule is c1nnc2c(n1)CCCN2. The summed E-state index contributed by atoms with van der Waals surface area (Å²) in [5.74, 6) is 0.855. The first-order valence-corrected chi connectivity index (χ1v) is 3.37. The smallest absolute Gasteiger partial charge is 0.170 e. The maximum atomic E-state index is 4.08. The van der Waals surface area contributed by atoms with Crippen LogP contribution in [0.3, 0.4) is 0 Å². The van der Waals surface area contributed by atoms with Gasteiger partial charge >= 0.3 is 0 Å². The van der Waals surface area contributed by atoms with Gasteiger partial charge in [0, 0.05) is 6.54 Å². The second-order valence-corrected chi connectivity index (χ2v) is 2.29. The van der Waals surface area contributed by atoms with E-state index in [4.69, 9.17) is 0 Å². The Morgan fingerprint density at radius 1 is 1.50 bits per heavy atom. The Morgan fingerprint density at radius 2 is 2.50 bits per heavy atom. The highest BCUT2D eigenvalue weighted by Crippen LogP contribution is 2.13. The minimum absolute atomic E-state index is 0.855. The van der Waals surface area contributed by atoms with E-state index in [1.807, 2.05) is 0 Å². The van der Waals surface area contributed by atoms with Crippen LogP contribution in [0.4, 0.5) is 5.82 Å². The first-order chi connectivity index (χ1) is 4.97. The predicted octanol–water partition coefficient (Wildman–Crippen LogP) is 0.230. The molecular weight excluding hydrogens is 128 g/mol. The molecular formula is C6H8N4. The number of hydrogen-bond acceptors (Lipinski definition) is 4. The molecule has 1 aromatic rings. The van der Waals surface area contributed by atoms with Crippen molar-refractivity contribution in [2.45, 2.75) is 12.8 Å². The molecule has 10 heavy (non-hydrogen) atoms. The first-order valence-electron chi connectivity index (χ1n) is 3.37. The molecule has 1 aliphatic rings. The summed E-state index contributed by atoms with van der Waals surface area (Å²) < 4.78 is 0. The van der Waals surface area contributed by atoms with E-state index in [0.29, 0.717) is 0 Å². The van der Waals surface area contributed by atoms with E-state index in [1.165, 1.54) is 6.33 Å². The van der Waals surface area contributed by atoms with E-state index in [2.05, 4.69) is 20.5 Å². The van der Waals surface area contributed by atoms with Crippen LogP contribution in [0.25, 0.3) is 0 Å². The number of nitrogens with zero attached hydrogens (tertiary/aromatic N) is 3. The summed E-state index contributed by atoms with van der Waals surface area (Å²) in [6.45, 7) is 0.993. The van der Waals surface area contributed by atoms with E-state index >= 15 is 0 Å².